The van der Waals surface area contributed by atoms with E-state index in [9.17, 15) is 4.79 Å². The number of nitrogens with zero attached hydrogens (tertiary/aromatic N) is 1. The molecular weight excluding hydrogens is 178 g/mol. The summed E-state index contributed by atoms with van der Waals surface area (Å²) in [6, 6.07) is 2.34. The number of rotatable bonds is 4. The van der Waals surface area contributed by atoms with Gasteiger partial charge in [-0.1, -0.05) is 0 Å². The van der Waals surface area contributed by atoms with Gasteiger partial charge in [-0.05, 0) is 25.6 Å². The normalized spacial score (nSPS) is 12.5. The minimum Gasteiger partial charge on any atom is -0.358 e. The lowest BCUT2D eigenvalue weighted by molar-refractivity contribution is -0.121. The number of likely N-dealkylation sites (N-methyl/N-ethyl adjacent to an activating group) is 1. The Morgan fingerprint density at radius 1 is 1.57 bits per heavy atom. The minimum absolute atomic E-state index is 0.0178. The summed E-state index contributed by atoms with van der Waals surface area (Å²) in [7, 11) is 3.56. The Morgan fingerprint density at radius 3 is 2.86 bits per heavy atom. The molecule has 1 rings (SSSR count). The molecule has 78 valence electrons. The van der Waals surface area contributed by atoms with Crippen LogP contribution in [-0.2, 0) is 11.3 Å². The van der Waals surface area contributed by atoms with Crippen LogP contribution in [0.15, 0.2) is 18.5 Å². The van der Waals surface area contributed by atoms with Gasteiger partial charge < -0.3 is 15.2 Å². The second kappa shape index (κ2) is 4.81. The Morgan fingerprint density at radius 2 is 2.29 bits per heavy atom. The van der Waals surface area contributed by atoms with Crippen molar-refractivity contribution in [2.45, 2.75) is 19.5 Å². The highest BCUT2D eigenvalue weighted by Crippen LogP contribution is 2.11. The first kappa shape index (κ1) is 10.8. The van der Waals surface area contributed by atoms with E-state index in [4.69, 9.17) is 0 Å². The van der Waals surface area contributed by atoms with E-state index < -0.39 is 0 Å². The Bertz CT molecular complexity index is 306. The molecule has 0 aliphatic heterocycles. The van der Waals surface area contributed by atoms with Crippen molar-refractivity contribution >= 4 is 5.91 Å². The van der Waals surface area contributed by atoms with Gasteiger partial charge in [-0.3, -0.25) is 4.79 Å². The Hall–Kier alpha value is -1.29. The maximum atomic E-state index is 11.1. The van der Waals surface area contributed by atoms with Crippen LogP contribution in [0.2, 0.25) is 0 Å². The summed E-state index contributed by atoms with van der Waals surface area (Å²) in [4.78, 5) is 11.1. The molecule has 0 bridgehead atoms. The number of hydrogen-bond donors (Lipinski definition) is 2. The number of amides is 1. The highest BCUT2D eigenvalue weighted by Gasteiger charge is 2.05. The highest BCUT2D eigenvalue weighted by atomic mass is 16.1. The van der Waals surface area contributed by atoms with Gasteiger partial charge in [0.25, 0.3) is 0 Å². The molecule has 4 nitrogen and oxygen atoms in total. The number of nitrogens with one attached hydrogen (secondary N) is 2. The third-order valence-corrected chi connectivity index (χ3v) is 2.31. The summed E-state index contributed by atoms with van der Waals surface area (Å²) in [6.45, 7) is 2.46. The zero-order valence-corrected chi connectivity index (χ0v) is 8.87. The van der Waals surface area contributed by atoms with Crippen LogP contribution in [0.3, 0.4) is 0 Å². The lowest BCUT2D eigenvalue weighted by Crippen LogP contribution is -2.22. The number of carbonyl (C=O) groups is 1. The third-order valence-electron chi connectivity index (χ3n) is 2.31. The van der Waals surface area contributed by atoms with Crippen molar-refractivity contribution in [1.29, 1.82) is 0 Å². The van der Waals surface area contributed by atoms with E-state index in [1.165, 1.54) is 5.56 Å². The Balaban J connectivity index is 2.63. The van der Waals surface area contributed by atoms with Gasteiger partial charge in [0.2, 0.25) is 5.91 Å². The van der Waals surface area contributed by atoms with E-state index in [-0.39, 0.29) is 5.91 Å². The van der Waals surface area contributed by atoms with Gasteiger partial charge in [0.15, 0.2) is 0 Å². The summed E-state index contributed by atoms with van der Waals surface area (Å²) in [5, 5.41) is 5.74. The highest BCUT2D eigenvalue weighted by molar-refractivity contribution is 5.75. The zero-order valence-electron chi connectivity index (χ0n) is 8.87. The molecule has 2 N–H and O–H groups in total. The maximum Gasteiger partial charge on any atom is 0.239 e. The van der Waals surface area contributed by atoms with Gasteiger partial charge in [-0.2, -0.15) is 0 Å². The molecule has 1 aromatic rings. The fourth-order valence-corrected chi connectivity index (χ4v) is 1.23. The largest absolute Gasteiger partial charge is 0.358 e. The molecule has 4 heteroatoms. The van der Waals surface area contributed by atoms with Crippen molar-refractivity contribution in [3.05, 3.63) is 24.0 Å². The fourth-order valence-electron chi connectivity index (χ4n) is 1.23. The minimum atomic E-state index is 0.0178. The van der Waals surface area contributed by atoms with Crippen LogP contribution < -0.4 is 10.6 Å². The summed E-state index contributed by atoms with van der Waals surface area (Å²) in [6.07, 6.45) is 3.90. The van der Waals surface area contributed by atoms with Crippen molar-refractivity contribution in [1.82, 2.24) is 15.2 Å². The molecule has 14 heavy (non-hydrogen) atoms. The first-order valence-corrected chi connectivity index (χ1v) is 4.71. The van der Waals surface area contributed by atoms with Crippen molar-refractivity contribution in [2.75, 3.05) is 14.1 Å². The molecule has 0 spiro atoms. The summed E-state index contributed by atoms with van der Waals surface area (Å²) in [5.41, 5.74) is 1.19. The Kier molecular flexibility index (Phi) is 3.71. The first-order chi connectivity index (χ1) is 6.67. The molecule has 0 aliphatic rings. The van der Waals surface area contributed by atoms with E-state index in [0.717, 1.165) is 0 Å². The Labute approximate surface area is 84.3 Å². The van der Waals surface area contributed by atoms with Crippen molar-refractivity contribution in [3.8, 4) is 0 Å². The molecule has 0 fully saturated rings. The zero-order chi connectivity index (χ0) is 10.6. The lowest BCUT2D eigenvalue weighted by Gasteiger charge is -2.06. The predicted molar refractivity (Wildman–Crippen MR) is 56.0 cm³/mol. The maximum absolute atomic E-state index is 11.1. The van der Waals surface area contributed by atoms with E-state index >= 15 is 0 Å². The smallest absolute Gasteiger partial charge is 0.239 e. The number of carbonyl (C=O) groups excluding carboxylic acids is 1. The molecule has 0 saturated heterocycles. The van der Waals surface area contributed by atoms with E-state index in [1.54, 1.807) is 7.05 Å². The molecule has 0 radical (unpaired) electrons. The predicted octanol–water partition coefficient (Wildman–Crippen LogP) is 0.514. The standard InChI is InChI=1S/C10H17N3O/c1-8(11-2)9-4-5-13(6-9)7-10(14)12-3/h4-6,8,11H,7H2,1-3H3,(H,12,14). The van der Waals surface area contributed by atoms with Crippen molar-refractivity contribution < 1.29 is 4.79 Å². The quantitative estimate of drug-likeness (QED) is 0.735. The van der Waals surface area contributed by atoms with Crippen LogP contribution in [0, 0.1) is 0 Å². The number of aromatic nitrogens is 1. The fraction of sp³-hybridized carbons (Fsp3) is 0.500. The van der Waals surface area contributed by atoms with Gasteiger partial charge in [0, 0.05) is 25.5 Å². The van der Waals surface area contributed by atoms with E-state index in [2.05, 4.69) is 17.6 Å². The molecule has 0 saturated carbocycles. The monoisotopic (exact) mass is 195 g/mol. The topological polar surface area (TPSA) is 46.1 Å². The van der Waals surface area contributed by atoms with Gasteiger partial charge in [0.1, 0.15) is 6.54 Å². The number of hydrogen-bond acceptors (Lipinski definition) is 2. The molecule has 1 amide bonds. The van der Waals surface area contributed by atoms with Crippen LogP contribution in [0.4, 0.5) is 0 Å². The SMILES string of the molecule is CNC(=O)Cn1ccc(C(C)NC)c1. The lowest BCUT2D eigenvalue weighted by atomic mass is 10.2. The summed E-state index contributed by atoms with van der Waals surface area (Å²) < 4.78 is 1.88. The van der Waals surface area contributed by atoms with E-state index in [1.807, 2.05) is 30.1 Å². The average Bonchev–Trinajstić information content (AvgIpc) is 2.65. The van der Waals surface area contributed by atoms with Crippen LogP contribution in [0.5, 0.6) is 0 Å². The molecule has 1 atom stereocenters. The first-order valence-electron chi connectivity index (χ1n) is 4.71. The van der Waals surface area contributed by atoms with Crippen LogP contribution >= 0.6 is 0 Å². The molecule has 0 aromatic carbocycles. The van der Waals surface area contributed by atoms with Crippen molar-refractivity contribution in [2.24, 2.45) is 0 Å². The third kappa shape index (κ3) is 2.60. The van der Waals surface area contributed by atoms with Gasteiger partial charge >= 0.3 is 0 Å². The van der Waals surface area contributed by atoms with Gasteiger partial charge in [-0.25, -0.2) is 0 Å². The van der Waals surface area contributed by atoms with Crippen LogP contribution in [0.25, 0.3) is 0 Å². The van der Waals surface area contributed by atoms with Gasteiger partial charge in [-0.15, -0.1) is 0 Å². The molecule has 0 aliphatic carbocycles. The average molecular weight is 195 g/mol. The molecule has 1 unspecified atom stereocenters. The molecule has 1 heterocycles. The second-order valence-electron chi connectivity index (χ2n) is 3.30. The summed E-state index contributed by atoms with van der Waals surface area (Å²) >= 11 is 0. The van der Waals surface area contributed by atoms with Crippen molar-refractivity contribution in [3.63, 3.8) is 0 Å². The van der Waals surface area contributed by atoms with Crippen LogP contribution in [0.1, 0.15) is 18.5 Å². The molecule has 1 aromatic heterocycles. The summed E-state index contributed by atoms with van der Waals surface area (Å²) in [5.74, 6) is 0.0178. The van der Waals surface area contributed by atoms with E-state index in [0.29, 0.717) is 12.6 Å². The van der Waals surface area contributed by atoms with Crippen LogP contribution in [-0.4, -0.2) is 24.6 Å². The second-order valence-corrected chi connectivity index (χ2v) is 3.30. The van der Waals surface area contributed by atoms with Gasteiger partial charge in [0.05, 0.1) is 0 Å². The molecular formula is C10H17N3O.